The van der Waals surface area contributed by atoms with Gasteiger partial charge in [0.15, 0.2) is 5.84 Å². The average molecular weight is 260 g/mol. The van der Waals surface area contributed by atoms with Crippen LogP contribution in [0.1, 0.15) is 16.8 Å². The van der Waals surface area contributed by atoms with Crippen LogP contribution >= 0.6 is 0 Å². The Morgan fingerprint density at radius 2 is 1.95 bits per heavy atom. The van der Waals surface area contributed by atoms with Crippen LogP contribution in [0.2, 0.25) is 0 Å². The second-order valence-electron chi connectivity index (χ2n) is 4.29. The zero-order valence-electron chi connectivity index (χ0n) is 11.1. The molecule has 0 bridgehead atoms. The molecule has 100 valence electrons. The molecule has 6 heteroatoms. The number of hydrogen-bond acceptors (Lipinski definition) is 4. The lowest BCUT2D eigenvalue weighted by molar-refractivity contribution is 0.318. The molecule has 0 radical (unpaired) electrons. The summed E-state index contributed by atoms with van der Waals surface area (Å²) < 4.78 is 7.33. The highest BCUT2D eigenvalue weighted by atomic mass is 16.5. The van der Waals surface area contributed by atoms with Crippen LogP contribution in [0.15, 0.2) is 29.4 Å². The highest BCUT2D eigenvalue weighted by Gasteiger charge is 2.19. The van der Waals surface area contributed by atoms with E-state index in [4.69, 9.17) is 15.7 Å². The minimum atomic E-state index is -0.0206. The maximum Gasteiger partial charge on any atom is 0.229 e. The van der Waals surface area contributed by atoms with Crippen molar-refractivity contribution in [1.82, 2.24) is 9.78 Å². The first-order chi connectivity index (χ1) is 9.02. The largest absolute Gasteiger partial charge is 0.439 e. The molecule has 1 aromatic carbocycles. The van der Waals surface area contributed by atoms with E-state index in [-0.39, 0.29) is 5.84 Å². The Hall–Kier alpha value is -2.50. The summed E-state index contributed by atoms with van der Waals surface area (Å²) in [5.41, 5.74) is 7.93. The van der Waals surface area contributed by atoms with Gasteiger partial charge in [0.1, 0.15) is 11.3 Å². The van der Waals surface area contributed by atoms with E-state index in [1.54, 1.807) is 18.7 Å². The molecule has 0 saturated heterocycles. The summed E-state index contributed by atoms with van der Waals surface area (Å²) in [6.07, 6.45) is 0. The van der Waals surface area contributed by atoms with Crippen LogP contribution in [0.3, 0.4) is 0 Å². The second-order valence-corrected chi connectivity index (χ2v) is 4.29. The summed E-state index contributed by atoms with van der Waals surface area (Å²) in [7, 11) is 1.74. The molecule has 0 aliphatic rings. The van der Waals surface area contributed by atoms with Crippen LogP contribution in [0, 0.1) is 13.8 Å². The average Bonchev–Trinajstić information content (AvgIpc) is 2.66. The molecular formula is C13H16N4O2. The van der Waals surface area contributed by atoms with Crippen LogP contribution in [-0.4, -0.2) is 20.8 Å². The summed E-state index contributed by atoms with van der Waals surface area (Å²) in [6.45, 7) is 3.77. The Morgan fingerprint density at radius 3 is 2.53 bits per heavy atom. The third kappa shape index (κ3) is 2.52. The molecule has 0 atom stereocenters. The number of nitrogens with two attached hydrogens (primary N) is 1. The topological polar surface area (TPSA) is 85.7 Å². The lowest BCUT2D eigenvalue weighted by atomic mass is 10.2. The molecule has 19 heavy (non-hydrogen) atoms. The van der Waals surface area contributed by atoms with E-state index in [0.29, 0.717) is 22.9 Å². The number of amidine groups is 1. The number of hydrogen-bond donors (Lipinski definition) is 2. The Morgan fingerprint density at radius 1 is 1.32 bits per heavy atom. The Bertz CT molecular complexity index is 614. The first kappa shape index (κ1) is 12.9. The molecule has 1 heterocycles. The lowest BCUT2D eigenvalue weighted by Crippen LogP contribution is -2.14. The molecule has 0 amide bonds. The van der Waals surface area contributed by atoms with Crippen LogP contribution < -0.4 is 10.5 Å². The molecule has 0 saturated carbocycles. The first-order valence-corrected chi connectivity index (χ1v) is 5.79. The van der Waals surface area contributed by atoms with E-state index in [1.807, 2.05) is 31.2 Å². The summed E-state index contributed by atoms with van der Waals surface area (Å²) in [4.78, 5) is 0. The van der Waals surface area contributed by atoms with Crippen molar-refractivity contribution in [2.45, 2.75) is 13.8 Å². The quantitative estimate of drug-likeness (QED) is 0.382. The molecule has 2 aromatic rings. The van der Waals surface area contributed by atoms with Crippen molar-refractivity contribution in [2.75, 3.05) is 0 Å². The number of rotatable bonds is 3. The van der Waals surface area contributed by atoms with Crippen LogP contribution in [0.5, 0.6) is 11.6 Å². The lowest BCUT2D eigenvalue weighted by Gasteiger charge is -2.08. The van der Waals surface area contributed by atoms with Gasteiger partial charge in [0.2, 0.25) is 5.88 Å². The molecule has 1 aromatic heterocycles. The van der Waals surface area contributed by atoms with Gasteiger partial charge in [-0.2, -0.15) is 5.10 Å². The van der Waals surface area contributed by atoms with E-state index < -0.39 is 0 Å². The smallest absolute Gasteiger partial charge is 0.229 e. The molecule has 0 aliphatic heterocycles. The highest BCUT2D eigenvalue weighted by Crippen LogP contribution is 2.27. The zero-order valence-corrected chi connectivity index (χ0v) is 11.1. The maximum atomic E-state index is 8.82. The number of aromatic nitrogens is 2. The minimum Gasteiger partial charge on any atom is -0.439 e. The van der Waals surface area contributed by atoms with Crippen molar-refractivity contribution >= 4 is 5.84 Å². The van der Waals surface area contributed by atoms with Gasteiger partial charge in [-0.25, -0.2) is 4.68 Å². The number of benzene rings is 1. The summed E-state index contributed by atoms with van der Waals surface area (Å²) >= 11 is 0. The fraction of sp³-hybridized carbons (Fsp3) is 0.231. The number of oxime groups is 1. The molecule has 0 unspecified atom stereocenters. The molecule has 0 fully saturated rings. The highest BCUT2D eigenvalue weighted by molar-refractivity contribution is 6.00. The SMILES string of the molecule is Cc1ccc(Oc2c(C(N)=NO)c(C)nn2C)cc1. The predicted molar refractivity (Wildman–Crippen MR) is 71.7 cm³/mol. The third-order valence-corrected chi connectivity index (χ3v) is 2.77. The van der Waals surface area contributed by atoms with E-state index in [0.717, 1.165) is 5.56 Å². The van der Waals surface area contributed by atoms with Gasteiger partial charge in [-0.15, -0.1) is 0 Å². The van der Waals surface area contributed by atoms with Crippen molar-refractivity contribution in [3.63, 3.8) is 0 Å². The van der Waals surface area contributed by atoms with E-state index >= 15 is 0 Å². The number of ether oxygens (including phenoxy) is 1. The van der Waals surface area contributed by atoms with E-state index in [9.17, 15) is 0 Å². The Balaban J connectivity index is 2.42. The standard InChI is InChI=1S/C13H16N4O2/c1-8-4-6-10(7-5-8)19-13-11(12(14)16-18)9(2)15-17(13)3/h4-7,18H,1-3H3,(H2,14,16). The van der Waals surface area contributed by atoms with E-state index in [1.165, 1.54) is 0 Å². The predicted octanol–water partition coefficient (Wildman–Crippen LogP) is 1.92. The molecule has 0 spiro atoms. The number of nitrogens with zero attached hydrogens (tertiary/aromatic N) is 3. The Kier molecular flexibility index (Phi) is 3.41. The zero-order chi connectivity index (χ0) is 14.0. The maximum absolute atomic E-state index is 8.82. The fourth-order valence-corrected chi connectivity index (χ4v) is 1.82. The van der Waals surface area contributed by atoms with Gasteiger partial charge in [0.25, 0.3) is 0 Å². The van der Waals surface area contributed by atoms with E-state index in [2.05, 4.69) is 10.3 Å². The van der Waals surface area contributed by atoms with Crippen molar-refractivity contribution in [3.05, 3.63) is 41.1 Å². The van der Waals surface area contributed by atoms with Gasteiger partial charge >= 0.3 is 0 Å². The third-order valence-electron chi connectivity index (χ3n) is 2.77. The monoisotopic (exact) mass is 260 g/mol. The van der Waals surface area contributed by atoms with Gasteiger partial charge in [-0.05, 0) is 26.0 Å². The van der Waals surface area contributed by atoms with Gasteiger partial charge < -0.3 is 15.7 Å². The molecule has 6 nitrogen and oxygen atoms in total. The number of aryl methyl sites for hydroxylation is 3. The van der Waals surface area contributed by atoms with Gasteiger partial charge in [-0.3, -0.25) is 0 Å². The minimum absolute atomic E-state index is 0.0206. The fourth-order valence-electron chi connectivity index (χ4n) is 1.82. The van der Waals surface area contributed by atoms with Crippen LogP contribution in [0.4, 0.5) is 0 Å². The van der Waals surface area contributed by atoms with Gasteiger partial charge in [-0.1, -0.05) is 22.9 Å². The van der Waals surface area contributed by atoms with Crippen molar-refractivity contribution < 1.29 is 9.94 Å². The summed E-state index contributed by atoms with van der Waals surface area (Å²) in [5, 5.41) is 16.0. The van der Waals surface area contributed by atoms with Gasteiger partial charge in [0, 0.05) is 7.05 Å². The molecular weight excluding hydrogens is 244 g/mol. The van der Waals surface area contributed by atoms with Crippen molar-refractivity contribution in [3.8, 4) is 11.6 Å². The van der Waals surface area contributed by atoms with Crippen molar-refractivity contribution in [1.29, 1.82) is 0 Å². The molecule has 2 rings (SSSR count). The van der Waals surface area contributed by atoms with Crippen molar-refractivity contribution in [2.24, 2.45) is 17.9 Å². The summed E-state index contributed by atoms with van der Waals surface area (Å²) in [6, 6.07) is 7.60. The first-order valence-electron chi connectivity index (χ1n) is 5.79. The Labute approximate surface area is 111 Å². The second kappa shape index (κ2) is 5.01. The molecule has 0 aliphatic carbocycles. The van der Waals surface area contributed by atoms with Gasteiger partial charge in [0.05, 0.1) is 5.69 Å². The molecule has 3 N–H and O–H groups in total. The normalized spacial score (nSPS) is 11.6. The van der Waals surface area contributed by atoms with Crippen LogP contribution in [-0.2, 0) is 7.05 Å². The summed E-state index contributed by atoms with van der Waals surface area (Å²) in [5.74, 6) is 1.09. The van der Waals surface area contributed by atoms with Crippen LogP contribution in [0.25, 0.3) is 0 Å².